The van der Waals surface area contributed by atoms with Gasteiger partial charge in [-0.3, -0.25) is 19.8 Å². The first kappa shape index (κ1) is 19.7. The lowest BCUT2D eigenvalue weighted by molar-refractivity contribution is -0.397. The summed E-state index contributed by atoms with van der Waals surface area (Å²) in [5, 5.41) is 2.00. The van der Waals surface area contributed by atoms with Crippen LogP contribution in [0.3, 0.4) is 0 Å². The van der Waals surface area contributed by atoms with E-state index in [0.29, 0.717) is 16.9 Å². The number of imide groups is 2. The van der Waals surface area contributed by atoms with Crippen LogP contribution in [-0.4, -0.2) is 28.8 Å². The van der Waals surface area contributed by atoms with Gasteiger partial charge in [-0.25, -0.2) is 4.79 Å². The van der Waals surface area contributed by atoms with Crippen molar-refractivity contribution in [3.63, 3.8) is 0 Å². The maximum absolute atomic E-state index is 11.9. The number of urea groups is 1. The third kappa shape index (κ3) is 3.92. The van der Waals surface area contributed by atoms with Crippen molar-refractivity contribution in [3.8, 4) is 5.75 Å². The normalized spacial score (nSPS) is 23.7. The highest BCUT2D eigenvalue weighted by Gasteiger charge is 2.38. The van der Waals surface area contributed by atoms with E-state index in [4.69, 9.17) is 14.2 Å². The summed E-state index contributed by atoms with van der Waals surface area (Å²) in [6.45, 7) is -0.0258. The van der Waals surface area contributed by atoms with Crippen LogP contribution in [0.5, 0.6) is 5.75 Å². The fourth-order valence-electron chi connectivity index (χ4n) is 4.08. The zero-order chi connectivity index (χ0) is 21.4. The molecule has 2 heterocycles. The minimum absolute atomic E-state index is 0.0258. The number of benzene rings is 2. The second-order valence-corrected chi connectivity index (χ2v) is 7.89. The summed E-state index contributed by atoms with van der Waals surface area (Å²) in [7, 11) is 0. The second-order valence-electron chi connectivity index (χ2n) is 7.89. The molecule has 160 valence electrons. The van der Waals surface area contributed by atoms with Gasteiger partial charge in [0.25, 0.3) is 0 Å². The second kappa shape index (κ2) is 8.13. The molecular formula is C23H22N2O6. The maximum atomic E-state index is 11.9. The quantitative estimate of drug-likeness (QED) is 0.567. The molecule has 0 unspecified atom stereocenters. The highest BCUT2D eigenvalue weighted by molar-refractivity contribution is 6.44. The van der Waals surface area contributed by atoms with Crippen LogP contribution in [0.15, 0.2) is 48.5 Å². The van der Waals surface area contributed by atoms with E-state index in [9.17, 15) is 14.4 Å². The fraction of sp³-hybridized carbons (Fsp3) is 0.348. The number of nitrogens with one attached hydrogen (secondary N) is 1. The molecule has 3 fully saturated rings. The van der Waals surface area contributed by atoms with Crippen LogP contribution in [0.1, 0.15) is 55.0 Å². The number of ether oxygens (including phenoxy) is 3. The Hall–Kier alpha value is -3.23. The van der Waals surface area contributed by atoms with Crippen molar-refractivity contribution in [2.75, 3.05) is 0 Å². The topological polar surface area (TPSA) is 94.2 Å². The molecule has 2 aliphatic heterocycles. The molecule has 0 bridgehead atoms. The zero-order valence-electron chi connectivity index (χ0n) is 16.8. The Bertz CT molecular complexity index is 1010. The van der Waals surface area contributed by atoms with Crippen molar-refractivity contribution in [1.29, 1.82) is 0 Å². The van der Waals surface area contributed by atoms with Crippen LogP contribution in [0.25, 0.3) is 0 Å². The Kier molecular flexibility index (Phi) is 5.17. The lowest BCUT2D eigenvalue weighted by Gasteiger charge is -2.37. The van der Waals surface area contributed by atoms with Crippen LogP contribution in [0.2, 0.25) is 0 Å². The van der Waals surface area contributed by atoms with Gasteiger partial charge >= 0.3 is 17.8 Å². The molecule has 1 aliphatic carbocycles. The Morgan fingerprint density at radius 3 is 2.39 bits per heavy atom. The van der Waals surface area contributed by atoms with Gasteiger partial charge in [0, 0.05) is 5.56 Å². The summed E-state index contributed by atoms with van der Waals surface area (Å²) >= 11 is 0. The van der Waals surface area contributed by atoms with Gasteiger partial charge in [-0.2, -0.15) is 0 Å². The van der Waals surface area contributed by atoms with Gasteiger partial charge in [0.05, 0.1) is 18.2 Å². The fourth-order valence-corrected chi connectivity index (χ4v) is 4.08. The van der Waals surface area contributed by atoms with Gasteiger partial charge < -0.3 is 14.2 Å². The molecule has 3 aliphatic rings. The van der Waals surface area contributed by atoms with E-state index in [1.54, 1.807) is 12.1 Å². The van der Waals surface area contributed by atoms with Gasteiger partial charge in [0.15, 0.2) is 12.6 Å². The number of hydrogen-bond acceptors (Lipinski definition) is 6. The SMILES string of the molecule is O=C1NC(=O)N(Cc2ccc(OC3CCCC3)c(C3OC(c4ccccc4)O3)c2)C1=O. The van der Waals surface area contributed by atoms with Crippen molar-refractivity contribution in [2.45, 2.75) is 50.9 Å². The average molecular weight is 422 g/mol. The minimum atomic E-state index is -0.914. The van der Waals surface area contributed by atoms with E-state index in [1.807, 2.05) is 41.7 Å². The smallest absolute Gasteiger partial charge is 0.331 e. The van der Waals surface area contributed by atoms with Crippen LogP contribution in [0, 0.1) is 0 Å². The Morgan fingerprint density at radius 2 is 1.71 bits per heavy atom. The number of carbonyl (C=O) groups is 3. The lowest BCUT2D eigenvalue weighted by Crippen LogP contribution is -2.31. The highest BCUT2D eigenvalue weighted by Crippen LogP contribution is 2.45. The van der Waals surface area contributed by atoms with E-state index >= 15 is 0 Å². The standard InChI is InChI=1S/C23H22N2O6/c26-19-20(27)25(23(28)24-19)13-14-10-11-18(29-16-8-4-5-9-16)17(12-14)22-30-21(31-22)15-6-2-1-3-7-15/h1-3,6-7,10-12,16,21-22H,4-5,8-9,13H2,(H,24,26,28). The number of nitrogens with zero attached hydrogens (tertiary/aromatic N) is 1. The highest BCUT2D eigenvalue weighted by atomic mass is 16.9. The predicted molar refractivity (Wildman–Crippen MR) is 108 cm³/mol. The number of hydrogen-bond donors (Lipinski definition) is 1. The van der Waals surface area contributed by atoms with Crippen LogP contribution in [0.4, 0.5) is 4.79 Å². The van der Waals surface area contributed by atoms with Gasteiger partial charge in [0.1, 0.15) is 5.75 Å². The summed E-state index contributed by atoms with van der Waals surface area (Å²) in [5.74, 6) is -1.11. The Balaban J connectivity index is 1.37. The molecule has 0 spiro atoms. The van der Waals surface area contributed by atoms with Gasteiger partial charge in [0.2, 0.25) is 0 Å². The average Bonchev–Trinajstić information content (AvgIpc) is 3.33. The van der Waals surface area contributed by atoms with Crippen molar-refractivity contribution >= 4 is 17.8 Å². The summed E-state index contributed by atoms with van der Waals surface area (Å²) in [5.41, 5.74) is 2.29. The molecule has 0 atom stereocenters. The molecule has 4 amide bonds. The molecule has 1 saturated carbocycles. The van der Waals surface area contributed by atoms with E-state index in [2.05, 4.69) is 0 Å². The third-order valence-corrected chi connectivity index (χ3v) is 5.74. The molecule has 1 N–H and O–H groups in total. The molecule has 8 nitrogen and oxygen atoms in total. The summed E-state index contributed by atoms with van der Waals surface area (Å²) in [6, 6.07) is 14.3. The largest absolute Gasteiger partial charge is 0.490 e. The molecule has 0 aromatic heterocycles. The van der Waals surface area contributed by atoms with Gasteiger partial charge in [-0.05, 0) is 43.4 Å². The molecular weight excluding hydrogens is 400 g/mol. The van der Waals surface area contributed by atoms with E-state index in [0.717, 1.165) is 36.1 Å². The predicted octanol–water partition coefficient (Wildman–Crippen LogP) is 3.33. The molecule has 0 radical (unpaired) electrons. The number of rotatable bonds is 6. The molecule has 2 saturated heterocycles. The molecule has 5 rings (SSSR count). The van der Waals surface area contributed by atoms with Crippen LogP contribution < -0.4 is 10.1 Å². The Labute approximate surface area is 179 Å². The van der Waals surface area contributed by atoms with Gasteiger partial charge in [-0.15, -0.1) is 0 Å². The summed E-state index contributed by atoms with van der Waals surface area (Å²) in [6.07, 6.45) is 3.37. The molecule has 2 aromatic rings. The van der Waals surface area contributed by atoms with E-state index < -0.39 is 30.4 Å². The first-order chi connectivity index (χ1) is 15.1. The van der Waals surface area contributed by atoms with E-state index in [1.165, 1.54) is 0 Å². The first-order valence-corrected chi connectivity index (χ1v) is 10.4. The van der Waals surface area contributed by atoms with Crippen molar-refractivity contribution < 1.29 is 28.6 Å². The van der Waals surface area contributed by atoms with Crippen LogP contribution in [-0.2, 0) is 25.6 Å². The van der Waals surface area contributed by atoms with Crippen LogP contribution >= 0.6 is 0 Å². The maximum Gasteiger partial charge on any atom is 0.331 e. The van der Waals surface area contributed by atoms with Gasteiger partial charge in [-0.1, -0.05) is 36.4 Å². The monoisotopic (exact) mass is 422 g/mol. The molecule has 31 heavy (non-hydrogen) atoms. The molecule has 2 aromatic carbocycles. The number of carbonyl (C=O) groups excluding carboxylic acids is 3. The summed E-state index contributed by atoms with van der Waals surface area (Å²) < 4.78 is 18.2. The van der Waals surface area contributed by atoms with Crippen molar-refractivity contribution in [1.82, 2.24) is 10.2 Å². The van der Waals surface area contributed by atoms with Crippen molar-refractivity contribution in [3.05, 3.63) is 65.2 Å². The third-order valence-electron chi connectivity index (χ3n) is 5.74. The zero-order valence-corrected chi connectivity index (χ0v) is 16.8. The Morgan fingerprint density at radius 1 is 0.968 bits per heavy atom. The summed E-state index contributed by atoms with van der Waals surface area (Å²) in [4.78, 5) is 36.1. The number of amides is 4. The minimum Gasteiger partial charge on any atom is -0.490 e. The van der Waals surface area contributed by atoms with E-state index in [-0.39, 0.29) is 12.6 Å². The lowest BCUT2D eigenvalue weighted by atomic mass is 10.1. The molecule has 8 heteroatoms. The first-order valence-electron chi connectivity index (χ1n) is 10.4. The van der Waals surface area contributed by atoms with Crippen molar-refractivity contribution in [2.24, 2.45) is 0 Å².